The Morgan fingerprint density at radius 3 is 2.10 bits per heavy atom. The zero-order valence-electron chi connectivity index (χ0n) is 26.7. The minimum atomic E-state index is -0.886. The number of hydrogen-bond acceptors (Lipinski definition) is 7. The number of guanidine groups is 1. The summed E-state index contributed by atoms with van der Waals surface area (Å²) in [6, 6.07) is 1.09. The van der Waals surface area contributed by atoms with Crippen molar-refractivity contribution in [2.24, 2.45) is 4.99 Å². The molecule has 3 N–H and O–H groups in total. The summed E-state index contributed by atoms with van der Waals surface area (Å²) in [7, 11) is 4.47. The van der Waals surface area contributed by atoms with Crippen molar-refractivity contribution in [3.8, 4) is 5.75 Å². The van der Waals surface area contributed by atoms with E-state index in [0.717, 1.165) is 33.1 Å². The minimum Gasteiger partial charge on any atom is -0.496 e. The van der Waals surface area contributed by atoms with Gasteiger partial charge in [-0.3, -0.25) is 9.63 Å². The fourth-order valence-corrected chi connectivity index (χ4v) is 3.80. The molecule has 0 fully saturated rings. The molecule has 1 atom stereocenters. The summed E-state index contributed by atoms with van der Waals surface area (Å²) in [6.45, 7) is 17.3. The first-order valence-corrected chi connectivity index (χ1v) is 13.6. The summed E-state index contributed by atoms with van der Waals surface area (Å²) in [5.41, 5.74) is 2.76. The van der Waals surface area contributed by atoms with Crippen LogP contribution in [0.4, 0.5) is 9.59 Å². The van der Waals surface area contributed by atoms with Gasteiger partial charge in [-0.05, 0) is 103 Å². The van der Waals surface area contributed by atoms with Crippen LogP contribution in [0.5, 0.6) is 5.75 Å². The fourth-order valence-electron chi connectivity index (χ4n) is 3.80. The largest absolute Gasteiger partial charge is 0.496 e. The number of carbonyl (C=O) groups excluding carboxylic acids is 3. The summed E-state index contributed by atoms with van der Waals surface area (Å²) in [5.74, 6) is 0.608. The van der Waals surface area contributed by atoms with Crippen LogP contribution < -0.4 is 20.7 Å². The van der Waals surface area contributed by atoms with Crippen molar-refractivity contribution < 1.29 is 33.4 Å². The summed E-state index contributed by atoms with van der Waals surface area (Å²) in [5, 5.41) is 10.0. The van der Waals surface area contributed by atoms with Gasteiger partial charge in [0, 0.05) is 20.1 Å². The van der Waals surface area contributed by atoms with E-state index in [4.69, 9.17) is 19.0 Å². The van der Waals surface area contributed by atoms with Gasteiger partial charge in [-0.25, -0.2) is 14.7 Å². The van der Waals surface area contributed by atoms with Gasteiger partial charge < -0.3 is 30.2 Å². The van der Waals surface area contributed by atoms with Gasteiger partial charge in [-0.2, -0.15) is 0 Å². The van der Waals surface area contributed by atoms with Gasteiger partial charge in [-0.1, -0.05) is 0 Å². The van der Waals surface area contributed by atoms with E-state index >= 15 is 0 Å². The molecule has 232 valence electrons. The minimum absolute atomic E-state index is 0.225. The van der Waals surface area contributed by atoms with Crippen molar-refractivity contribution >= 4 is 24.1 Å². The third-order valence-electron chi connectivity index (χ3n) is 5.99. The molecular weight excluding hydrogens is 530 g/mol. The molecule has 0 unspecified atom stereocenters. The number of likely N-dealkylation sites (N-methyl/N-ethyl adjacent to an activating group) is 1. The Morgan fingerprint density at radius 2 is 1.56 bits per heavy atom. The molecule has 0 spiro atoms. The Balaban J connectivity index is 3.02. The molecule has 41 heavy (non-hydrogen) atoms. The summed E-state index contributed by atoms with van der Waals surface area (Å²) in [6.07, 6.45) is -0.733. The number of benzene rings is 1. The molecule has 12 heteroatoms. The number of ether oxygens (including phenoxy) is 3. The maximum Gasteiger partial charge on any atom is 0.437 e. The van der Waals surface area contributed by atoms with Crippen molar-refractivity contribution in [1.29, 1.82) is 0 Å². The number of carbonyl (C=O) groups is 3. The second-order valence-corrected chi connectivity index (χ2v) is 11.7. The van der Waals surface area contributed by atoms with E-state index in [1.54, 1.807) is 48.7 Å². The standard InChI is InChI=1S/C29H49N5O7/c1-18-16-23(38-11)20(3)19(2)21(18)17-31-25(33-27(37)41-29(7,8)9)30-15-13-14-22(24(35)34(10)39-12)32-26(36)40-28(4,5)6/h16,22H,13-15,17H2,1-12H3,(H,32,36)(H2,30,31,33,37)/t22-/m0/s1. The first-order chi connectivity index (χ1) is 18.9. The number of hydroxylamine groups is 2. The van der Waals surface area contributed by atoms with E-state index < -0.39 is 35.3 Å². The van der Waals surface area contributed by atoms with Gasteiger partial charge in [0.15, 0.2) is 0 Å². The highest BCUT2D eigenvalue weighted by Crippen LogP contribution is 2.27. The lowest BCUT2D eigenvalue weighted by Crippen LogP contribution is -2.48. The van der Waals surface area contributed by atoms with Crippen LogP contribution in [0.1, 0.15) is 76.6 Å². The molecule has 0 aromatic heterocycles. The predicted octanol–water partition coefficient (Wildman–Crippen LogP) is 4.28. The van der Waals surface area contributed by atoms with Crippen LogP contribution in [0.15, 0.2) is 11.1 Å². The van der Waals surface area contributed by atoms with Crippen molar-refractivity contribution in [2.75, 3.05) is 27.8 Å². The van der Waals surface area contributed by atoms with Gasteiger partial charge in [-0.15, -0.1) is 4.99 Å². The zero-order valence-corrected chi connectivity index (χ0v) is 26.7. The van der Waals surface area contributed by atoms with Crippen LogP contribution in [0.3, 0.4) is 0 Å². The molecular formula is C29H49N5O7. The molecule has 0 aliphatic rings. The molecule has 0 radical (unpaired) electrons. The highest BCUT2D eigenvalue weighted by molar-refractivity contribution is 5.90. The van der Waals surface area contributed by atoms with Crippen molar-refractivity contribution in [2.45, 2.75) is 98.9 Å². The molecule has 1 rings (SSSR count). The highest BCUT2D eigenvalue weighted by atomic mass is 16.7. The predicted molar refractivity (Wildman–Crippen MR) is 158 cm³/mol. The first-order valence-electron chi connectivity index (χ1n) is 13.6. The zero-order chi connectivity index (χ0) is 31.5. The molecule has 0 bridgehead atoms. The normalized spacial score (nSPS) is 12.7. The third-order valence-corrected chi connectivity index (χ3v) is 5.99. The summed E-state index contributed by atoms with van der Waals surface area (Å²) < 4.78 is 16.1. The average Bonchev–Trinajstić information content (AvgIpc) is 2.84. The van der Waals surface area contributed by atoms with E-state index in [1.807, 2.05) is 26.8 Å². The lowest BCUT2D eigenvalue weighted by molar-refractivity contribution is -0.171. The monoisotopic (exact) mass is 579 g/mol. The Morgan fingerprint density at radius 1 is 0.951 bits per heavy atom. The van der Waals surface area contributed by atoms with Gasteiger partial charge in [0.2, 0.25) is 5.96 Å². The maximum atomic E-state index is 12.8. The lowest BCUT2D eigenvalue weighted by atomic mass is 9.97. The lowest BCUT2D eigenvalue weighted by Gasteiger charge is -2.25. The van der Waals surface area contributed by atoms with Crippen molar-refractivity contribution in [3.05, 3.63) is 28.3 Å². The second-order valence-electron chi connectivity index (χ2n) is 11.7. The van der Waals surface area contributed by atoms with Crippen LogP contribution in [0.2, 0.25) is 0 Å². The van der Waals surface area contributed by atoms with Gasteiger partial charge >= 0.3 is 12.2 Å². The number of aliphatic imine (C=N–C) groups is 1. The van der Waals surface area contributed by atoms with Gasteiger partial charge in [0.05, 0.1) is 14.2 Å². The third kappa shape index (κ3) is 12.7. The van der Waals surface area contributed by atoms with Gasteiger partial charge in [0.25, 0.3) is 5.91 Å². The fraction of sp³-hybridized carbons (Fsp3) is 0.655. The van der Waals surface area contributed by atoms with E-state index in [2.05, 4.69) is 20.9 Å². The Kier molecular flexibility index (Phi) is 13.4. The van der Waals surface area contributed by atoms with Gasteiger partial charge in [0.1, 0.15) is 23.0 Å². The summed E-state index contributed by atoms with van der Waals surface area (Å²) >= 11 is 0. The second kappa shape index (κ2) is 15.5. The molecule has 1 aromatic carbocycles. The number of rotatable bonds is 10. The summed E-state index contributed by atoms with van der Waals surface area (Å²) in [4.78, 5) is 46.7. The number of aryl methyl sites for hydroxylation is 1. The van der Waals surface area contributed by atoms with Crippen LogP contribution in [-0.2, 0) is 25.7 Å². The van der Waals surface area contributed by atoms with E-state index in [1.165, 1.54) is 14.2 Å². The Bertz CT molecular complexity index is 1090. The van der Waals surface area contributed by atoms with E-state index in [9.17, 15) is 14.4 Å². The maximum absolute atomic E-state index is 12.8. The average molecular weight is 580 g/mol. The van der Waals surface area contributed by atoms with Crippen LogP contribution in [-0.4, -0.2) is 74.2 Å². The van der Waals surface area contributed by atoms with Crippen LogP contribution in [0, 0.1) is 20.8 Å². The van der Waals surface area contributed by atoms with Crippen molar-refractivity contribution in [1.82, 2.24) is 21.0 Å². The molecule has 0 saturated carbocycles. The number of alkyl carbamates (subject to hydrolysis) is 1. The molecule has 12 nitrogen and oxygen atoms in total. The molecule has 0 aliphatic heterocycles. The quantitative estimate of drug-likeness (QED) is 0.160. The molecule has 3 amide bonds. The van der Waals surface area contributed by atoms with E-state index in [-0.39, 0.29) is 12.4 Å². The Hall–Kier alpha value is -3.54. The smallest absolute Gasteiger partial charge is 0.437 e. The number of hydrogen-bond donors (Lipinski definition) is 3. The van der Waals surface area contributed by atoms with Crippen LogP contribution in [0.25, 0.3) is 0 Å². The number of nitrogens with zero attached hydrogens (tertiary/aromatic N) is 2. The highest BCUT2D eigenvalue weighted by Gasteiger charge is 2.27. The molecule has 0 saturated heterocycles. The first kappa shape index (κ1) is 35.5. The Labute approximate surface area is 244 Å². The van der Waals surface area contributed by atoms with Crippen LogP contribution >= 0.6 is 0 Å². The van der Waals surface area contributed by atoms with Crippen molar-refractivity contribution in [3.63, 3.8) is 0 Å². The number of methoxy groups -OCH3 is 1. The molecule has 0 heterocycles. The van der Waals surface area contributed by atoms with E-state index in [0.29, 0.717) is 19.5 Å². The molecule has 1 aromatic rings. The number of nitrogens with one attached hydrogen (secondary N) is 3. The topological polar surface area (TPSA) is 140 Å². The number of amides is 3. The molecule has 0 aliphatic carbocycles. The SMILES string of the molecule is COc1cc(C)c(CN/C(=N/C(=O)OC(C)(C)C)NCCC[C@H](NC(=O)OC(C)(C)C)C(=O)N(C)OC)c(C)c1C.